The quantitative estimate of drug-likeness (QED) is 0.842. The van der Waals surface area contributed by atoms with Gasteiger partial charge in [-0.2, -0.15) is 0 Å². The van der Waals surface area contributed by atoms with Crippen molar-refractivity contribution in [2.45, 2.75) is 0 Å². The summed E-state index contributed by atoms with van der Waals surface area (Å²) in [6.45, 7) is 1.36. The third-order valence-corrected chi connectivity index (χ3v) is 2.76. The molecule has 1 amide bonds. The molecule has 2 aromatic rings. The van der Waals surface area contributed by atoms with Gasteiger partial charge in [0.05, 0.1) is 0 Å². The van der Waals surface area contributed by atoms with Crippen molar-refractivity contribution >= 4 is 17.5 Å². The van der Waals surface area contributed by atoms with Crippen LogP contribution in [0.15, 0.2) is 42.6 Å². The normalized spacial score (nSPS) is 10.4. The van der Waals surface area contributed by atoms with E-state index in [0.717, 1.165) is 12.2 Å². The summed E-state index contributed by atoms with van der Waals surface area (Å²) in [5.74, 6) is 0.205. The van der Waals surface area contributed by atoms with E-state index in [4.69, 9.17) is 0 Å². The second-order valence-electron chi connectivity index (χ2n) is 4.82. The maximum absolute atomic E-state index is 12.0. The Labute approximate surface area is 124 Å². The van der Waals surface area contributed by atoms with Gasteiger partial charge in [-0.1, -0.05) is 18.2 Å². The molecule has 0 saturated carbocycles. The Morgan fingerprint density at radius 2 is 1.95 bits per heavy atom. The molecule has 2 N–H and O–H groups in total. The van der Waals surface area contributed by atoms with Crippen LogP contribution in [0.2, 0.25) is 0 Å². The highest BCUT2D eigenvalue weighted by molar-refractivity contribution is 5.92. The van der Waals surface area contributed by atoms with Gasteiger partial charge in [-0.25, -0.2) is 9.97 Å². The first kappa shape index (κ1) is 14.9. The van der Waals surface area contributed by atoms with Crippen LogP contribution in [-0.2, 0) is 0 Å². The van der Waals surface area contributed by atoms with Gasteiger partial charge in [0.25, 0.3) is 5.91 Å². The molecule has 1 aromatic heterocycles. The van der Waals surface area contributed by atoms with Crippen molar-refractivity contribution in [2.24, 2.45) is 0 Å². The third kappa shape index (κ3) is 4.85. The maximum atomic E-state index is 12.0. The van der Waals surface area contributed by atoms with Gasteiger partial charge in [0, 0.05) is 25.0 Å². The smallest absolute Gasteiger partial charge is 0.270 e. The molecule has 2 rings (SSSR count). The largest absolute Gasteiger partial charge is 0.349 e. The number of aromatic nitrogens is 2. The van der Waals surface area contributed by atoms with E-state index in [1.165, 1.54) is 0 Å². The number of benzene rings is 1. The van der Waals surface area contributed by atoms with E-state index in [2.05, 4.69) is 20.6 Å². The first-order chi connectivity index (χ1) is 10.1. The molecule has 6 heteroatoms. The lowest BCUT2D eigenvalue weighted by Gasteiger charge is -2.10. The predicted octanol–water partition coefficient (Wildman–Crippen LogP) is 1.51. The third-order valence-electron chi connectivity index (χ3n) is 2.76. The summed E-state index contributed by atoms with van der Waals surface area (Å²) in [6.07, 6.45) is 1.57. The Bertz CT molecular complexity index is 586. The number of carbonyl (C=O) groups excluding carboxylic acids is 1. The molecule has 21 heavy (non-hydrogen) atoms. The van der Waals surface area contributed by atoms with Crippen LogP contribution in [0.3, 0.4) is 0 Å². The van der Waals surface area contributed by atoms with Gasteiger partial charge < -0.3 is 15.5 Å². The molecule has 0 saturated heterocycles. The van der Waals surface area contributed by atoms with Crippen molar-refractivity contribution in [1.29, 1.82) is 0 Å². The number of carbonyl (C=O) groups is 1. The van der Waals surface area contributed by atoms with Gasteiger partial charge in [0.1, 0.15) is 5.69 Å². The van der Waals surface area contributed by atoms with Crippen LogP contribution in [-0.4, -0.2) is 48.0 Å². The Hall–Kier alpha value is -2.47. The number of amides is 1. The van der Waals surface area contributed by atoms with Gasteiger partial charge in [-0.05, 0) is 32.3 Å². The van der Waals surface area contributed by atoms with Crippen molar-refractivity contribution in [1.82, 2.24) is 20.2 Å². The second-order valence-corrected chi connectivity index (χ2v) is 4.82. The van der Waals surface area contributed by atoms with E-state index < -0.39 is 0 Å². The van der Waals surface area contributed by atoms with Gasteiger partial charge in [-0.3, -0.25) is 4.79 Å². The molecule has 1 aromatic carbocycles. The summed E-state index contributed by atoms with van der Waals surface area (Å²) < 4.78 is 0. The van der Waals surface area contributed by atoms with Crippen molar-refractivity contribution < 1.29 is 4.79 Å². The number of rotatable bonds is 6. The minimum absolute atomic E-state index is 0.199. The van der Waals surface area contributed by atoms with Crippen molar-refractivity contribution in [3.8, 4) is 0 Å². The lowest BCUT2D eigenvalue weighted by molar-refractivity contribution is 0.0946. The van der Waals surface area contributed by atoms with Crippen molar-refractivity contribution in [2.75, 3.05) is 32.5 Å². The fraction of sp³-hybridized carbons (Fsp3) is 0.267. The van der Waals surface area contributed by atoms with E-state index in [1.54, 1.807) is 12.3 Å². The molecule has 1 heterocycles. The van der Waals surface area contributed by atoms with Gasteiger partial charge in [0.15, 0.2) is 0 Å². The van der Waals surface area contributed by atoms with Crippen LogP contribution >= 0.6 is 0 Å². The molecular weight excluding hydrogens is 266 g/mol. The standard InChI is InChI=1S/C15H19N5O/c1-20(2)11-10-16-14(21)13-8-9-17-15(19-13)18-12-6-4-3-5-7-12/h3-9H,10-11H2,1-2H3,(H,16,21)(H,17,18,19). The molecule has 0 aliphatic rings. The van der Waals surface area contributed by atoms with Crippen LogP contribution in [0.25, 0.3) is 0 Å². The number of anilines is 2. The fourth-order valence-corrected chi connectivity index (χ4v) is 1.68. The lowest BCUT2D eigenvalue weighted by Crippen LogP contribution is -2.31. The van der Waals surface area contributed by atoms with Crippen LogP contribution in [0.4, 0.5) is 11.6 Å². The van der Waals surface area contributed by atoms with Crippen LogP contribution in [0.1, 0.15) is 10.5 Å². The monoisotopic (exact) mass is 285 g/mol. The highest BCUT2D eigenvalue weighted by Crippen LogP contribution is 2.11. The zero-order valence-electron chi connectivity index (χ0n) is 12.2. The summed E-state index contributed by atoms with van der Waals surface area (Å²) in [4.78, 5) is 22.3. The summed E-state index contributed by atoms with van der Waals surface area (Å²) >= 11 is 0. The first-order valence-electron chi connectivity index (χ1n) is 6.73. The van der Waals surface area contributed by atoms with E-state index >= 15 is 0 Å². The van der Waals surface area contributed by atoms with Crippen molar-refractivity contribution in [3.63, 3.8) is 0 Å². The SMILES string of the molecule is CN(C)CCNC(=O)c1ccnc(Nc2ccccc2)n1. The highest BCUT2D eigenvalue weighted by atomic mass is 16.1. The molecule has 0 radical (unpaired) electrons. The zero-order valence-corrected chi connectivity index (χ0v) is 12.2. The minimum atomic E-state index is -0.199. The van der Waals surface area contributed by atoms with Gasteiger partial charge in [0.2, 0.25) is 5.95 Å². The molecule has 0 aliphatic carbocycles. The Kier molecular flexibility index (Phi) is 5.22. The summed E-state index contributed by atoms with van der Waals surface area (Å²) in [7, 11) is 3.91. The molecule has 110 valence electrons. The zero-order chi connectivity index (χ0) is 15.1. The molecule has 6 nitrogen and oxygen atoms in total. The number of nitrogens with zero attached hydrogens (tertiary/aromatic N) is 3. The first-order valence-corrected chi connectivity index (χ1v) is 6.73. The van der Waals surface area contributed by atoms with E-state index in [0.29, 0.717) is 18.2 Å². The van der Waals surface area contributed by atoms with E-state index in [-0.39, 0.29) is 5.91 Å². The molecule has 0 spiro atoms. The summed E-state index contributed by atoms with van der Waals surface area (Å²) in [6, 6.07) is 11.2. The van der Waals surface area contributed by atoms with Crippen molar-refractivity contribution in [3.05, 3.63) is 48.3 Å². The molecule has 0 atom stereocenters. The molecule has 0 unspecified atom stereocenters. The second kappa shape index (κ2) is 7.35. The summed E-state index contributed by atoms with van der Waals surface area (Å²) in [5.41, 5.74) is 1.23. The summed E-state index contributed by atoms with van der Waals surface area (Å²) in [5, 5.41) is 5.89. The molecule has 0 aliphatic heterocycles. The molecule has 0 bridgehead atoms. The van der Waals surface area contributed by atoms with Crippen LogP contribution in [0, 0.1) is 0 Å². The Morgan fingerprint density at radius 1 is 1.19 bits per heavy atom. The number of hydrogen-bond acceptors (Lipinski definition) is 5. The highest BCUT2D eigenvalue weighted by Gasteiger charge is 2.08. The minimum Gasteiger partial charge on any atom is -0.349 e. The fourth-order valence-electron chi connectivity index (χ4n) is 1.68. The Morgan fingerprint density at radius 3 is 2.67 bits per heavy atom. The number of nitrogens with one attached hydrogen (secondary N) is 2. The van der Waals surface area contributed by atoms with Crippen LogP contribution in [0.5, 0.6) is 0 Å². The average Bonchev–Trinajstić information content (AvgIpc) is 2.48. The number of hydrogen-bond donors (Lipinski definition) is 2. The average molecular weight is 285 g/mol. The number of para-hydroxylation sites is 1. The van der Waals surface area contributed by atoms with Gasteiger partial charge >= 0.3 is 0 Å². The van der Waals surface area contributed by atoms with Gasteiger partial charge in [-0.15, -0.1) is 0 Å². The molecule has 0 fully saturated rings. The predicted molar refractivity (Wildman–Crippen MR) is 82.6 cm³/mol. The lowest BCUT2D eigenvalue weighted by atomic mass is 10.3. The van der Waals surface area contributed by atoms with Crippen LogP contribution < -0.4 is 10.6 Å². The topological polar surface area (TPSA) is 70.2 Å². The number of likely N-dealkylation sites (N-methyl/N-ethyl adjacent to an activating group) is 1. The van der Waals surface area contributed by atoms with E-state index in [1.807, 2.05) is 49.3 Å². The Balaban J connectivity index is 1.98. The maximum Gasteiger partial charge on any atom is 0.270 e. The molecular formula is C15H19N5O. The van der Waals surface area contributed by atoms with E-state index in [9.17, 15) is 4.79 Å².